The number of fused-ring (bicyclic) bond motifs is 1. The lowest BCUT2D eigenvalue weighted by molar-refractivity contribution is -0.116. The molecule has 0 saturated carbocycles. The molecule has 21 heavy (non-hydrogen) atoms. The number of rotatable bonds is 4. The third-order valence-electron chi connectivity index (χ3n) is 3.46. The number of thiophene rings is 1. The first kappa shape index (κ1) is 14.1. The summed E-state index contributed by atoms with van der Waals surface area (Å²) in [6.07, 6.45) is 6.56. The molecule has 7 heteroatoms. The largest absolute Gasteiger partial charge is 0.317 e. The molecule has 1 amide bonds. The molecule has 108 valence electrons. The number of nitriles is 1. The van der Waals surface area contributed by atoms with Crippen LogP contribution in [0.15, 0.2) is 12.4 Å². The summed E-state index contributed by atoms with van der Waals surface area (Å²) in [7, 11) is 0. The van der Waals surface area contributed by atoms with Crippen molar-refractivity contribution in [1.82, 2.24) is 9.78 Å². The van der Waals surface area contributed by atoms with Crippen molar-refractivity contribution in [2.24, 2.45) is 0 Å². The first-order valence-electron chi connectivity index (χ1n) is 6.70. The van der Waals surface area contributed by atoms with Crippen LogP contribution in [-0.4, -0.2) is 15.7 Å². The van der Waals surface area contributed by atoms with Gasteiger partial charge in [0.05, 0.1) is 16.8 Å². The fourth-order valence-electron chi connectivity index (χ4n) is 2.48. The number of carbonyl (C=O) groups is 1. The molecular formula is C14H13ClN4OS. The van der Waals surface area contributed by atoms with Crippen LogP contribution in [-0.2, 0) is 24.2 Å². The van der Waals surface area contributed by atoms with Gasteiger partial charge in [0.15, 0.2) is 0 Å². The molecular weight excluding hydrogens is 308 g/mol. The molecule has 0 unspecified atom stereocenters. The van der Waals surface area contributed by atoms with Gasteiger partial charge in [0.25, 0.3) is 0 Å². The number of carbonyl (C=O) groups excluding carboxylic acids is 1. The van der Waals surface area contributed by atoms with Crippen LogP contribution in [0.2, 0.25) is 5.02 Å². The predicted molar refractivity (Wildman–Crippen MR) is 81.5 cm³/mol. The summed E-state index contributed by atoms with van der Waals surface area (Å²) in [5.41, 5.74) is 1.76. The van der Waals surface area contributed by atoms with Gasteiger partial charge in [-0.3, -0.25) is 9.48 Å². The summed E-state index contributed by atoms with van der Waals surface area (Å²) in [5.74, 6) is -0.113. The van der Waals surface area contributed by atoms with Gasteiger partial charge in [0, 0.05) is 24.0 Å². The Morgan fingerprint density at radius 2 is 2.43 bits per heavy atom. The van der Waals surface area contributed by atoms with Crippen molar-refractivity contribution in [1.29, 1.82) is 5.26 Å². The smallest absolute Gasteiger partial charge is 0.226 e. The van der Waals surface area contributed by atoms with Gasteiger partial charge in [0.1, 0.15) is 11.1 Å². The molecule has 5 nitrogen and oxygen atoms in total. The Morgan fingerprint density at radius 1 is 1.57 bits per heavy atom. The topological polar surface area (TPSA) is 70.7 Å². The van der Waals surface area contributed by atoms with Crippen LogP contribution in [0, 0.1) is 11.3 Å². The summed E-state index contributed by atoms with van der Waals surface area (Å²) in [5, 5.41) is 17.4. The fraction of sp³-hybridized carbons (Fsp3) is 0.357. The third kappa shape index (κ3) is 2.94. The second-order valence-electron chi connectivity index (χ2n) is 4.89. The molecule has 1 aliphatic rings. The number of aryl methyl sites for hydroxylation is 2. The number of anilines is 1. The first-order valence-corrected chi connectivity index (χ1v) is 7.89. The van der Waals surface area contributed by atoms with Crippen LogP contribution in [0.1, 0.15) is 28.8 Å². The zero-order valence-electron chi connectivity index (χ0n) is 11.2. The highest BCUT2D eigenvalue weighted by Gasteiger charge is 2.22. The van der Waals surface area contributed by atoms with E-state index >= 15 is 0 Å². The number of halogens is 1. The van der Waals surface area contributed by atoms with Crippen LogP contribution in [0.3, 0.4) is 0 Å². The summed E-state index contributed by atoms with van der Waals surface area (Å²) >= 11 is 7.30. The van der Waals surface area contributed by atoms with Gasteiger partial charge < -0.3 is 5.32 Å². The van der Waals surface area contributed by atoms with Gasteiger partial charge in [-0.2, -0.15) is 10.4 Å². The number of amides is 1. The molecule has 1 aliphatic carbocycles. The lowest BCUT2D eigenvalue weighted by Crippen LogP contribution is -2.14. The van der Waals surface area contributed by atoms with E-state index in [0.717, 1.165) is 24.8 Å². The Balaban J connectivity index is 1.64. The van der Waals surface area contributed by atoms with Crippen LogP contribution in [0.5, 0.6) is 0 Å². The molecule has 1 N–H and O–H groups in total. The van der Waals surface area contributed by atoms with E-state index in [1.54, 1.807) is 10.9 Å². The molecule has 0 atom stereocenters. The molecule has 0 fully saturated rings. The number of hydrogen-bond acceptors (Lipinski definition) is 4. The van der Waals surface area contributed by atoms with Crippen molar-refractivity contribution < 1.29 is 4.79 Å². The van der Waals surface area contributed by atoms with Crippen LogP contribution in [0.25, 0.3) is 0 Å². The highest BCUT2D eigenvalue weighted by molar-refractivity contribution is 7.16. The van der Waals surface area contributed by atoms with Crippen molar-refractivity contribution in [3.8, 4) is 6.07 Å². The highest BCUT2D eigenvalue weighted by Crippen LogP contribution is 2.38. The van der Waals surface area contributed by atoms with Crippen LogP contribution >= 0.6 is 22.9 Å². The number of hydrogen-bond donors (Lipinski definition) is 1. The SMILES string of the molecule is N#Cc1c(NC(=O)CCn2cc(Cl)cn2)sc2c1CCC2. The summed E-state index contributed by atoms with van der Waals surface area (Å²) in [6.45, 7) is 0.464. The zero-order valence-corrected chi connectivity index (χ0v) is 12.8. The van der Waals surface area contributed by atoms with E-state index in [4.69, 9.17) is 11.6 Å². The maximum absolute atomic E-state index is 12.0. The molecule has 0 aromatic carbocycles. The molecule has 2 heterocycles. The molecule has 0 aliphatic heterocycles. The maximum Gasteiger partial charge on any atom is 0.226 e. The predicted octanol–water partition coefficient (Wildman–Crippen LogP) is 2.99. The second kappa shape index (κ2) is 5.88. The van der Waals surface area contributed by atoms with Crippen LogP contribution < -0.4 is 5.32 Å². The van der Waals surface area contributed by atoms with Crippen molar-refractivity contribution >= 4 is 33.8 Å². The molecule has 0 saturated heterocycles. The Bertz CT molecular complexity index is 728. The highest BCUT2D eigenvalue weighted by atomic mass is 35.5. The maximum atomic E-state index is 12.0. The van der Waals surface area contributed by atoms with Crippen molar-refractivity contribution in [2.45, 2.75) is 32.2 Å². The fourth-order valence-corrected chi connectivity index (χ4v) is 3.89. The number of aromatic nitrogens is 2. The number of nitrogens with one attached hydrogen (secondary N) is 1. The van der Waals surface area contributed by atoms with E-state index in [1.807, 2.05) is 0 Å². The minimum Gasteiger partial charge on any atom is -0.317 e. The minimum absolute atomic E-state index is 0.113. The van der Waals surface area contributed by atoms with Gasteiger partial charge in [-0.05, 0) is 24.8 Å². The van der Waals surface area contributed by atoms with Gasteiger partial charge in [-0.1, -0.05) is 11.6 Å². The van der Waals surface area contributed by atoms with Gasteiger partial charge in [0.2, 0.25) is 5.91 Å². The van der Waals surface area contributed by atoms with E-state index in [9.17, 15) is 10.1 Å². The molecule has 0 spiro atoms. The molecule has 3 rings (SSSR count). The Labute approximate surface area is 131 Å². The van der Waals surface area contributed by atoms with Gasteiger partial charge in [-0.25, -0.2) is 0 Å². The standard InChI is InChI=1S/C14H13ClN4OS/c15-9-7-17-19(8-9)5-4-13(20)18-14-11(6-16)10-2-1-3-12(10)21-14/h7-8H,1-5H2,(H,18,20). The van der Waals surface area contributed by atoms with Crippen molar-refractivity contribution in [3.63, 3.8) is 0 Å². The molecule has 0 radical (unpaired) electrons. The summed E-state index contributed by atoms with van der Waals surface area (Å²) < 4.78 is 1.63. The first-order chi connectivity index (χ1) is 10.2. The minimum atomic E-state index is -0.113. The Morgan fingerprint density at radius 3 is 3.14 bits per heavy atom. The van der Waals surface area contributed by atoms with E-state index in [2.05, 4.69) is 16.5 Å². The van der Waals surface area contributed by atoms with Crippen molar-refractivity contribution in [2.75, 3.05) is 5.32 Å². The lowest BCUT2D eigenvalue weighted by atomic mass is 10.1. The summed E-state index contributed by atoms with van der Waals surface area (Å²) in [4.78, 5) is 13.2. The Kier molecular flexibility index (Phi) is 3.95. The van der Waals surface area contributed by atoms with Crippen molar-refractivity contribution in [3.05, 3.63) is 33.4 Å². The van der Waals surface area contributed by atoms with E-state index in [0.29, 0.717) is 28.6 Å². The van der Waals surface area contributed by atoms with E-state index in [1.165, 1.54) is 22.4 Å². The molecule has 0 bridgehead atoms. The van der Waals surface area contributed by atoms with Gasteiger partial charge in [-0.15, -0.1) is 11.3 Å². The van der Waals surface area contributed by atoms with E-state index < -0.39 is 0 Å². The second-order valence-corrected chi connectivity index (χ2v) is 6.43. The quantitative estimate of drug-likeness (QED) is 0.941. The third-order valence-corrected chi connectivity index (χ3v) is 4.86. The monoisotopic (exact) mass is 320 g/mol. The van der Waals surface area contributed by atoms with Gasteiger partial charge >= 0.3 is 0 Å². The number of nitrogens with zero attached hydrogens (tertiary/aromatic N) is 3. The molecule has 2 aromatic rings. The molecule has 2 aromatic heterocycles. The van der Waals surface area contributed by atoms with E-state index in [-0.39, 0.29) is 5.91 Å². The average Bonchev–Trinajstić information content (AvgIpc) is 3.12. The summed E-state index contributed by atoms with van der Waals surface area (Å²) in [6, 6.07) is 2.22. The normalized spacial score (nSPS) is 13.0. The zero-order chi connectivity index (χ0) is 14.8. The Hall–Kier alpha value is -1.84. The average molecular weight is 321 g/mol. The lowest BCUT2D eigenvalue weighted by Gasteiger charge is -2.04. The van der Waals surface area contributed by atoms with Crippen LogP contribution in [0.4, 0.5) is 5.00 Å².